The van der Waals surface area contributed by atoms with E-state index in [1.807, 2.05) is 25.1 Å². The van der Waals surface area contributed by atoms with Crippen LogP contribution in [0.5, 0.6) is 0 Å². The van der Waals surface area contributed by atoms with Crippen LogP contribution >= 0.6 is 0 Å². The first-order valence-corrected chi connectivity index (χ1v) is 8.99. The van der Waals surface area contributed by atoms with Gasteiger partial charge >= 0.3 is 5.97 Å². The van der Waals surface area contributed by atoms with E-state index in [0.717, 1.165) is 5.56 Å². The number of aromatic nitrogens is 1. The summed E-state index contributed by atoms with van der Waals surface area (Å²) in [5.41, 5.74) is 2.65. The number of nitrogens with one attached hydrogen (secondary N) is 2. The lowest BCUT2D eigenvalue weighted by Crippen LogP contribution is -2.23. The molecule has 148 valence electrons. The number of hydrogen-bond acceptors (Lipinski definition) is 4. The van der Waals surface area contributed by atoms with Crippen molar-refractivity contribution in [2.45, 2.75) is 6.92 Å². The fraction of sp³-hybridized carbons (Fsp3) is 0.136. The van der Waals surface area contributed by atoms with Crippen molar-refractivity contribution in [3.8, 4) is 0 Å². The number of para-hydroxylation sites is 1. The fourth-order valence-corrected chi connectivity index (χ4v) is 2.78. The molecule has 0 atom stereocenters. The number of carbonyl (C=O) groups excluding carboxylic acids is 3. The van der Waals surface area contributed by atoms with Crippen molar-refractivity contribution < 1.29 is 19.1 Å². The second kappa shape index (κ2) is 8.88. The molecular formula is C22H21N3O4. The molecule has 1 heterocycles. The van der Waals surface area contributed by atoms with Crippen molar-refractivity contribution in [3.63, 3.8) is 0 Å². The Labute approximate surface area is 168 Å². The highest BCUT2D eigenvalue weighted by Crippen LogP contribution is 2.18. The number of rotatable bonds is 6. The molecule has 29 heavy (non-hydrogen) atoms. The molecule has 7 nitrogen and oxygen atoms in total. The molecule has 0 fully saturated rings. The van der Waals surface area contributed by atoms with Crippen LogP contribution in [0.3, 0.4) is 0 Å². The normalized spacial score (nSPS) is 10.3. The number of esters is 1. The van der Waals surface area contributed by atoms with E-state index in [9.17, 15) is 14.4 Å². The van der Waals surface area contributed by atoms with Crippen molar-refractivity contribution in [2.75, 3.05) is 17.2 Å². The van der Waals surface area contributed by atoms with Crippen LogP contribution in [-0.4, -0.2) is 29.0 Å². The molecule has 0 aliphatic carbocycles. The van der Waals surface area contributed by atoms with E-state index in [1.165, 1.54) is 0 Å². The summed E-state index contributed by atoms with van der Waals surface area (Å²) < 4.78 is 6.64. The number of carbonyl (C=O) groups is 3. The summed E-state index contributed by atoms with van der Waals surface area (Å²) in [5.74, 6) is -1.49. The molecule has 7 heteroatoms. The van der Waals surface area contributed by atoms with Crippen molar-refractivity contribution in [1.82, 2.24) is 4.57 Å². The maximum atomic E-state index is 12.6. The van der Waals surface area contributed by atoms with Crippen molar-refractivity contribution >= 4 is 29.2 Å². The van der Waals surface area contributed by atoms with Crippen molar-refractivity contribution in [1.29, 1.82) is 0 Å². The average molecular weight is 391 g/mol. The minimum atomic E-state index is -0.599. The number of ether oxygens (including phenoxy) is 1. The molecule has 0 saturated carbocycles. The summed E-state index contributed by atoms with van der Waals surface area (Å²) in [7, 11) is 1.71. The van der Waals surface area contributed by atoms with Gasteiger partial charge in [-0.1, -0.05) is 24.3 Å². The van der Waals surface area contributed by atoms with Gasteiger partial charge in [-0.15, -0.1) is 0 Å². The highest BCUT2D eigenvalue weighted by atomic mass is 16.5. The van der Waals surface area contributed by atoms with Gasteiger partial charge in [0.15, 0.2) is 6.61 Å². The average Bonchev–Trinajstić information content (AvgIpc) is 3.12. The molecule has 0 spiro atoms. The molecule has 2 N–H and O–H groups in total. The van der Waals surface area contributed by atoms with Crippen LogP contribution in [-0.2, 0) is 16.6 Å². The predicted octanol–water partition coefficient (Wildman–Crippen LogP) is 3.38. The Balaban J connectivity index is 1.64. The summed E-state index contributed by atoms with van der Waals surface area (Å²) in [6, 6.07) is 17.4. The lowest BCUT2D eigenvalue weighted by Gasteiger charge is -2.12. The van der Waals surface area contributed by atoms with Gasteiger partial charge in [-0.05, 0) is 48.9 Å². The first kappa shape index (κ1) is 19.9. The maximum Gasteiger partial charge on any atom is 0.355 e. The number of hydrogen-bond donors (Lipinski definition) is 2. The molecule has 3 rings (SSSR count). The molecule has 1 aromatic heterocycles. The van der Waals surface area contributed by atoms with Gasteiger partial charge in [-0.2, -0.15) is 0 Å². The zero-order valence-electron chi connectivity index (χ0n) is 16.1. The van der Waals surface area contributed by atoms with Crippen LogP contribution < -0.4 is 10.6 Å². The Morgan fingerprint density at radius 3 is 2.48 bits per heavy atom. The number of anilines is 2. The third-order valence-electron chi connectivity index (χ3n) is 4.21. The highest BCUT2D eigenvalue weighted by molar-refractivity contribution is 6.10. The SMILES string of the molecule is Cc1cccc(NC(=O)c2ccccc2NC(=O)COC(=O)c2cccn2C)c1. The molecule has 3 aromatic rings. The first-order valence-electron chi connectivity index (χ1n) is 8.99. The highest BCUT2D eigenvalue weighted by Gasteiger charge is 2.16. The lowest BCUT2D eigenvalue weighted by molar-refractivity contribution is -0.119. The van der Waals surface area contributed by atoms with Crippen LogP contribution in [0, 0.1) is 6.92 Å². The second-order valence-electron chi connectivity index (χ2n) is 6.50. The lowest BCUT2D eigenvalue weighted by atomic mass is 10.1. The van der Waals surface area contributed by atoms with Gasteiger partial charge in [-0.25, -0.2) is 4.79 Å². The summed E-state index contributed by atoms with van der Waals surface area (Å²) >= 11 is 0. The smallest absolute Gasteiger partial charge is 0.355 e. The number of benzene rings is 2. The molecule has 2 aromatic carbocycles. The predicted molar refractivity (Wildman–Crippen MR) is 110 cm³/mol. The molecule has 0 radical (unpaired) electrons. The zero-order chi connectivity index (χ0) is 20.8. The van der Waals surface area contributed by atoms with Gasteiger partial charge in [0.1, 0.15) is 5.69 Å². The molecule has 0 aliphatic rings. The van der Waals surface area contributed by atoms with E-state index in [2.05, 4.69) is 10.6 Å². The Morgan fingerprint density at radius 2 is 1.76 bits per heavy atom. The van der Waals surface area contributed by atoms with Gasteiger partial charge in [0, 0.05) is 18.9 Å². The van der Waals surface area contributed by atoms with Gasteiger partial charge in [0.25, 0.3) is 11.8 Å². The molecule has 0 unspecified atom stereocenters. The number of amides is 2. The van der Waals surface area contributed by atoms with E-state index in [1.54, 1.807) is 60.3 Å². The monoisotopic (exact) mass is 391 g/mol. The minimum absolute atomic E-state index is 0.302. The molecular weight excluding hydrogens is 370 g/mol. The minimum Gasteiger partial charge on any atom is -0.451 e. The quantitative estimate of drug-likeness (QED) is 0.631. The fourth-order valence-electron chi connectivity index (χ4n) is 2.78. The van der Waals surface area contributed by atoms with Crippen molar-refractivity contribution in [2.24, 2.45) is 7.05 Å². The van der Waals surface area contributed by atoms with E-state index >= 15 is 0 Å². The molecule has 0 saturated heterocycles. The van der Waals surface area contributed by atoms with Crippen LogP contribution in [0.25, 0.3) is 0 Å². The molecule has 0 aliphatic heterocycles. The summed E-state index contributed by atoms with van der Waals surface area (Å²) in [6.45, 7) is 1.47. The summed E-state index contributed by atoms with van der Waals surface area (Å²) in [6.07, 6.45) is 1.71. The third kappa shape index (κ3) is 5.10. The largest absolute Gasteiger partial charge is 0.451 e. The Morgan fingerprint density at radius 1 is 0.966 bits per heavy atom. The van der Waals surface area contributed by atoms with Gasteiger partial charge in [-0.3, -0.25) is 9.59 Å². The molecule has 2 amide bonds. The van der Waals surface area contributed by atoms with Crippen LogP contribution in [0.15, 0.2) is 66.9 Å². The van der Waals surface area contributed by atoms with Crippen LogP contribution in [0.4, 0.5) is 11.4 Å². The van der Waals surface area contributed by atoms with Gasteiger partial charge in [0.2, 0.25) is 0 Å². The zero-order valence-corrected chi connectivity index (χ0v) is 16.1. The Hall–Kier alpha value is -3.87. The topological polar surface area (TPSA) is 89.4 Å². The van der Waals surface area contributed by atoms with E-state index in [-0.39, 0.29) is 5.91 Å². The molecule has 0 bridgehead atoms. The van der Waals surface area contributed by atoms with Crippen molar-refractivity contribution in [3.05, 3.63) is 83.7 Å². The number of aryl methyl sites for hydroxylation is 2. The van der Waals surface area contributed by atoms with Crippen LogP contribution in [0.1, 0.15) is 26.4 Å². The third-order valence-corrected chi connectivity index (χ3v) is 4.21. The maximum absolute atomic E-state index is 12.6. The van der Waals surface area contributed by atoms with E-state index in [4.69, 9.17) is 4.74 Å². The Kier molecular flexibility index (Phi) is 6.09. The summed E-state index contributed by atoms with van der Waals surface area (Å²) in [4.78, 5) is 36.9. The van der Waals surface area contributed by atoms with E-state index in [0.29, 0.717) is 22.6 Å². The van der Waals surface area contributed by atoms with Gasteiger partial charge < -0.3 is 19.9 Å². The first-order chi connectivity index (χ1) is 13.9. The standard InChI is InChI=1S/C22H21N3O4/c1-15-7-5-8-16(13-15)23-21(27)17-9-3-4-10-18(17)24-20(26)14-29-22(28)19-11-6-12-25(19)2/h3-13H,14H2,1-2H3,(H,23,27)(H,24,26). The van der Waals surface area contributed by atoms with Crippen LogP contribution in [0.2, 0.25) is 0 Å². The Bertz CT molecular complexity index is 1060. The van der Waals surface area contributed by atoms with Gasteiger partial charge in [0.05, 0.1) is 11.3 Å². The number of nitrogens with zero attached hydrogens (tertiary/aromatic N) is 1. The second-order valence-corrected chi connectivity index (χ2v) is 6.50. The van der Waals surface area contributed by atoms with E-state index < -0.39 is 18.5 Å². The summed E-state index contributed by atoms with van der Waals surface area (Å²) in [5, 5.41) is 5.43.